The second kappa shape index (κ2) is 2.51. The minimum absolute atomic E-state index is 0.107. The Morgan fingerprint density at radius 2 is 2.38 bits per heavy atom. The van der Waals surface area contributed by atoms with E-state index in [2.05, 4.69) is 15.9 Å². The van der Waals surface area contributed by atoms with Crippen molar-refractivity contribution >= 4 is 32.8 Å². The van der Waals surface area contributed by atoms with Gasteiger partial charge in [-0.25, -0.2) is 0 Å². The molecule has 0 saturated carbocycles. The van der Waals surface area contributed by atoms with Gasteiger partial charge in [-0.15, -0.1) is 0 Å². The van der Waals surface area contributed by atoms with Crippen LogP contribution in [0.25, 0.3) is 0 Å². The molecular formula is C5H3BrOS. The van der Waals surface area contributed by atoms with Gasteiger partial charge >= 0.3 is 0 Å². The maximum Gasteiger partial charge on any atom is 0.216 e. The van der Waals surface area contributed by atoms with Crippen LogP contribution in [-0.4, -0.2) is 5.12 Å². The van der Waals surface area contributed by atoms with Crippen LogP contribution in [0.2, 0.25) is 0 Å². The van der Waals surface area contributed by atoms with Crippen LogP contribution >= 0.6 is 27.7 Å². The van der Waals surface area contributed by atoms with Crippen molar-refractivity contribution in [3.05, 3.63) is 22.0 Å². The van der Waals surface area contributed by atoms with Gasteiger partial charge in [0.15, 0.2) is 0 Å². The number of carbonyl (C=O) groups is 1. The molecule has 0 N–H and O–H groups in total. The van der Waals surface area contributed by atoms with Crippen LogP contribution in [0.4, 0.5) is 0 Å². The third-order valence-electron chi connectivity index (χ3n) is 0.710. The van der Waals surface area contributed by atoms with Crippen molar-refractivity contribution in [1.82, 2.24) is 0 Å². The van der Waals surface area contributed by atoms with Crippen LogP contribution in [0.5, 0.6) is 0 Å². The molecule has 0 aromatic rings. The Hall–Kier alpha value is -0.0200. The lowest BCUT2D eigenvalue weighted by Crippen LogP contribution is -1.72. The van der Waals surface area contributed by atoms with E-state index in [1.807, 2.05) is 0 Å². The van der Waals surface area contributed by atoms with Crippen molar-refractivity contribution in [3.63, 3.8) is 0 Å². The summed E-state index contributed by atoms with van der Waals surface area (Å²) in [6, 6.07) is 0. The van der Waals surface area contributed by atoms with Gasteiger partial charge in [0.1, 0.15) is 0 Å². The molecule has 8 heavy (non-hydrogen) atoms. The number of halogens is 1. The van der Waals surface area contributed by atoms with E-state index in [1.54, 1.807) is 17.1 Å². The molecule has 0 saturated heterocycles. The molecule has 1 heterocycles. The molecule has 0 bridgehead atoms. The number of rotatable bonds is 0. The van der Waals surface area contributed by atoms with E-state index in [0.717, 1.165) is 4.91 Å². The lowest BCUT2D eigenvalue weighted by Gasteiger charge is -1.81. The highest BCUT2D eigenvalue weighted by Gasteiger charge is 2.06. The van der Waals surface area contributed by atoms with Crippen LogP contribution in [0.3, 0.4) is 0 Å². The Balaban J connectivity index is 2.73. The Kier molecular flexibility index (Phi) is 1.91. The Labute approximate surface area is 60.0 Å². The highest BCUT2D eigenvalue weighted by molar-refractivity contribution is 9.11. The molecule has 0 spiro atoms. The Bertz CT molecular complexity index is 171. The molecule has 1 aliphatic rings. The Morgan fingerprint density at radius 3 is 2.62 bits per heavy atom. The van der Waals surface area contributed by atoms with Crippen molar-refractivity contribution in [1.29, 1.82) is 0 Å². The summed E-state index contributed by atoms with van der Waals surface area (Å²) in [7, 11) is 0. The molecule has 0 radical (unpaired) electrons. The number of thioether (sulfide) groups is 1. The van der Waals surface area contributed by atoms with Crippen molar-refractivity contribution < 1.29 is 4.79 Å². The van der Waals surface area contributed by atoms with Gasteiger partial charge in [0, 0.05) is 4.91 Å². The van der Waals surface area contributed by atoms with Crippen molar-refractivity contribution in [3.8, 4) is 0 Å². The fourth-order valence-corrected chi connectivity index (χ4v) is 1.38. The SMILES string of the molecule is O=C1C=C/C(=C\Br)S1. The highest BCUT2D eigenvalue weighted by atomic mass is 79.9. The molecule has 0 atom stereocenters. The van der Waals surface area contributed by atoms with E-state index in [9.17, 15) is 4.79 Å². The quantitative estimate of drug-likeness (QED) is 0.582. The van der Waals surface area contributed by atoms with Crippen LogP contribution in [0.15, 0.2) is 22.0 Å². The van der Waals surface area contributed by atoms with E-state index >= 15 is 0 Å². The smallest absolute Gasteiger partial charge is 0.216 e. The summed E-state index contributed by atoms with van der Waals surface area (Å²) in [5, 5.41) is 0.107. The number of allylic oxidation sites excluding steroid dienone is 1. The molecule has 0 unspecified atom stereocenters. The van der Waals surface area contributed by atoms with Gasteiger partial charge in [-0.05, 0) is 28.9 Å². The summed E-state index contributed by atoms with van der Waals surface area (Å²) in [5.41, 5.74) is 0. The summed E-state index contributed by atoms with van der Waals surface area (Å²) in [5.74, 6) is 0. The molecule has 1 rings (SSSR count). The van der Waals surface area contributed by atoms with E-state index < -0.39 is 0 Å². The van der Waals surface area contributed by atoms with Crippen LogP contribution in [0.1, 0.15) is 0 Å². The van der Waals surface area contributed by atoms with Gasteiger partial charge < -0.3 is 0 Å². The van der Waals surface area contributed by atoms with Gasteiger partial charge in [-0.2, -0.15) is 0 Å². The average molecular weight is 191 g/mol. The third kappa shape index (κ3) is 1.23. The minimum Gasteiger partial charge on any atom is -0.282 e. The fraction of sp³-hybridized carbons (Fsp3) is 0. The van der Waals surface area contributed by atoms with E-state index in [1.165, 1.54) is 11.8 Å². The fourth-order valence-electron chi connectivity index (χ4n) is 0.393. The first-order valence-corrected chi connectivity index (χ1v) is 3.76. The summed E-state index contributed by atoms with van der Waals surface area (Å²) in [6.45, 7) is 0. The highest BCUT2D eigenvalue weighted by Crippen LogP contribution is 2.25. The zero-order valence-corrected chi connectivity index (χ0v) is 6.33. The van der Waals surface area contributed by atoms with Gasteiger partial charge in [0.2, 0.25) is 5.12 Å². The zero-order chi connectivity index (χ0) is 5.98. The second-order valence-electron chi connectivity index (χ2n) is 1.27. The lowest BCUT2D eigenvalue weighted by atomic mass is 10.5. The molecule has 0 aromatic heterocycles. The van der Waals surface area contributed by atoms with Gasteiger partial charge in [-0.3, -0.25) is 4.79 Å². The monoisotopic (exact) mass is 190 g/mol. The van der Waals surface area contributed by atoms with E-state index in [4.69, 9.17) is 0 Å². The van der Waals surface area contributed by atoms with Gasteiger partial charge in [0.05, 0.1) is 0 Å². The molecule has 0 fully saturated rings. The van der Waals surface area contributed by atoms with Crippen molar-refractivity contribution in [2.24, 2.45) is 0 Å². The topological polar surface area (TPSA) is 17.1 Å². The summed E-state index contributed by atoms with van der Waals surface area (Å²) in [6.07, 6.45) is 3.33. The summed E-state index contributed by atoms with van der Waals surface area (Å²) in [4.78, 5) is 13.1. The van der Waals surface area contributed by atoms with Crippen LogP contribution in [-0.2, 0) is 4.79 Å². The van der Waals surface area contributed by atoms with E-state index in [-0.39, 0.29) is 5.12 Å². The van der Waals surface area contributed by atoms with Gasteiger partial charge in [-0.1, -0.05) is 15.9 Å². The predicted molar refractivity (Wildman–Crippen MR) is 38.7 cm³/mol. The van der Waals surface area contributed by atoms with E-state index in [0.29, 0.717) is 0 Å². The summed E-state index contributed by atoms with van der Waals surface area (Å²) >= 11 is 4.35. The first-order valence-electron chi connectivity index (χ1n) is 2.03. The maximum absolute atomic E-state index is 10.4. The molecule has 42 valence electrons. The molecule has 0 aliphatic carbocycles. The maximum atomic E-state index is 10.4. The molecule has 0 amide bonds. The summed E-state index contributed by atoms with van der Waals surface area (Å²) < 4.78 is 0. The second-order valence-corrected chi connectivity index (χ2v) is 2.80. The van der Waals surface area contributed by atoms with Gasteiger partial charge in [0.25, 0.3) is 0 Å². The first kappa shape index (κ1) is 6.11. The predicted octanol–water partition coefficient (Wildman–Crippen LogP) is 2.05. The normalized spacial score (nSPS) is 23.1. The number of carbonyl (C=O) groups excluding carboxylic acids is 1. The zero-order valence-electron chi connectivity index (χ0n) is 3.93. The number of hydrogen-bond acceptors (Lipinski definition) is 2. The molecule has 1 nitrogen and oxygen atoms in total. The van der Waals surface area contributed by atoms with Crippen LogP contribution < -0.4 is 0 Å². The Morgan fingerprint density at radius 1 is 1.62 bits per heavy atom. The molecule has 3 heteroatoms. The van der Waals surface area contributed by atoms with Crippen molar-refractivity contribution in [2.45, 2.75) is 0 Å². The first-order chi connectivity index (χ1) is 3.83. The van der Waals surface area contributed by atoms with Crippen LogP contribution in [0, 0.1) is 0 Å². The largest absolute Gasteiger partial charge is 0.282 e. The molecular weight excluding hydrogens is 188 g/mol. The van der Waals surface area contributed by atoms with Crippen molar-refractivity contribution in [2.75, 3.05) is 0 Å². The third-order valence-corrected chi connectivity index (χ3v) is 2.33. The average Bonchev–Trinajstić information content (AvgIpc) is 2.14. The lowest BCUT2D eigenvalue weighted by molar-refractivity contribution is -0.106. The molecule has 1 aliphatic heterocycles. The standard InChI is InChI=1S/C5H3BrOS/c6-3-4-1-2-5(7)8-4/h1-3H/b4-3+. The molecule has 0 aromatic carbocycles. The minimum atomic E-state index is 0.107. The number of hydrogen-bond donors (Lipinski definition) is 0.